The first-order valence-electron chi connectivity index (χ1n) is 6.53. The molecule has 2 heterocycles. The number of anilines is 1. The van der Waals surface area contributed by atoms with Crippen molar-refractivity contribution in [3.8, 4) is 5.88 Å². The van der Waals surface area contributed by atoms with E-state index in [1.807, 2.05) is 13.8 Å². The van der Waals surface area contributed by atoms with E-state index in [9.17, 15) is 0 Å². The van der Waals surface area contributed by atoms with Gasteiger partial charge in [0, 0.05) is 25.5 Å². The Morgan fingerprint density at radius 3 is 2.32 bits per heavy atom. The van der Waals surface area contributed by atoms with E-state index in [0.717, 1.165) is 18.9 Å². The third-order valence-electron chi connectivity index (χ3n) is 3.13. The molecule has 1 aliphatic heterocycles. The molecule has 4 heteroatoms. The summed E-state index contributed by atoms with van der Waals surface area (Å²) in [5, 5.41) is 0. The molecule has 1 aromatic heterocycles. The van der Waals surface area contributed by atoms with Crippen molar-refractivity contribution in [3.05, 3.63) is 47.8 Å². The summed E-state index contributed by atoms with van der Waals surface area (Å²) in [5.41, 5.74) is 2.70. The van der Waals surface area contributed by atoms with Crippen molar-refractivity contribution < 1.29 is 4.74 Å². The Balaban J connectivity index is 1.89. The number of fused-ring (bicyclic) bond motifs is 1. The average molecular weight is 255 g/mol. The lowest BCUT2D eigenvalue weighted by atomic mass is 10.1. The molecule has 98 valence electrons. The van der Waals surface area contributed by atoms with Gasteiger partial charge in [-0.1, -0.05) is 24.3 Å². The van der Waals surface area contributed by atoms with Crippen molar-refractivity contribution >= 4 is 5.82 Å². The zero-order valence-electron chi connectivity index (χ0n) is 11.2. The summed E-state index contributed by atoms with van der Waals surface area (Å²) in [6.45, 7) is 5.72. The predicted octanol–water partition coefficient (Wildman–Crippen LogP) is 2.78. The van der Waals surface area contributed by atoms with Crippen molar-refractivity contribution in [3.63, 3.8) is 0 Å². The minimum absolute atomic E-state index is 0.0976. The first-order chi connectivity index (χ1) is 9.24. The van der Waals surface area contributed by atoms with Gasteiger partial charge in [-0.05, 0) is 25.0 Å². The summed E-state index contributed by atoms with van der Waals surface area (Å²) < 4.78 is 5.74. The summed E-state index contributed by atoms with van der Waals surface area (Å²) in [6.07, 6.45) is 3.48. The van der Waals surface area contributed by atoms with Crippen LogP contribution in [0.25, 0.3) is 0 Å². The van der Waals surface area contributed by atoms with E-state index in [-0.39, 0.29) is 6.10 Å². The first-order valence-corrected chi connectivity index (χ1v) is 6.53. The van der Waals surface area contributed by atoms with Gasteiger partial charge in [0.1, 0.15) is 0 Å². The van der Waals surface area contributed by atoms with Crippen molar-refractivity contribution in [1.29, 1.82) is 0 Å². The minimum Gasteiger partial charge on any atom is -0.472 e. The summed E-state index contributed by atoms with van der Waals surface area (Å²) in [4.78, 5) is 10.9. The van der Waals surface area contributed by atoms with E-state index in [4.69, 9.17) is 4.74 Å². The van der Waals surface area contributed by atoms with E-state index in [0.29, 0.717) is 5.88 Å². The number of rotatable bonds is 3. The smallest absolute Gasteiger partial charge is 0.257 e. The number of ether oxygens (including phenoxy) is 1. The normalized spacial score (nSPS) is 13.7. The number of hydrogen-bond acceptors (Lipinski definition) is 4. The van der Waals surface area contributed by atoms with Crippen LogP contribution >= 0.6 is 0 Å². The summed E-state index contributed by atoms with van der Waals surface area (Å²) in [7, 11) is 0. The molecule has 0 radical (unpaired) electrons. The number of nitrogens with zero attached hydrogens (tertiary/aromatic N) is 3. The Hall–Kier alpha value is -2.10. The van der Waals surface area contributed by atoms with Crippen molar-refractivity contribution in [1.82, 2.24) is 9.97 Å². The molecular formula is C15H17N3O. The second-order valence-corrected chi connectivity index (χ2v) is 4.98. The molecule has 0 saturated carbocycles. The fourth-order valence-electron chi connectivity index (χ4n) is 2.32. The Morgan fingerprint density at radius 1 is 1.05 bits per heavy atom. The van der Waals surface area contributed by atoms with Gasteiger partial charge in [-0.2, -0.15) is 0 Å². The molecule has 3 rings (SSSR count). The Kier molecular flexibility index (Phi) is 3.07. The fraction of sp³-hybridized carbons (Fsp3) is 0.333. The van der Waals surface area contributed by atoms with Gasteiger partial charge in [-0.15, -0.1) is 0 Å². The maximum Gasteiger partial charge on any atom is 0.257 e. The lowest BCUT2D eigenvalue weighted by Gasteiger charge is -2.20. The fourth-order valence-corrected chi connectivity index (χ4v) is 2.32. The molecule has 2 aromatic rings. The number of benzene rings is 1. The molecule has 19 heavy (non-hydrogen) atoms. The lowest BCUT2D eigenvalue weighted by Crippen LogP contribution is -2.19. The Bertz CT molecular complexity index is 558. The molecule has 0 spiro atoms. The van der Waals surface area contributed by atoms with Crippen LogP contribution < -0.4 is 9.64 Å². The van der Waals surface area contributed by atoms with Crippen LogP contribution in [0.3, 0.4) is 0 Å². The van der Waals surface area contributed by atoms with Crippen molar-refractivity contribution in [2.24, 2.45) is 0 Å². The van der Waals surface area contributed by atoms with Crippen LogP contribution in [0.1, 0.15) is 25.0 Å². The van der Waals surface area contributed by atoms with Crippen LogP contribution in [-0.4, -0.2) is 16.1 Å². The molecular weight excluding hydrogens is 238 g/mol. The van der Waals surface area contributed by atoms with Crippen molar-refractivity contribution in [2.75, 3.05) is 4.90 Å². The van der Waals surface area contributed by atoms with Gasteiger partial charge in [0.15, 0.2) is 5.82 Å². The maximum absolute atomic E-state index is 5.74. The van der Waals surface area contributed by atoms with Crippen LogP contribution in [0.4, 0.5) is 5.82 Å². The first kappa shape index (κ1) is 12.0. The third-order valence-corrected chi connectivity index (χ3v) is 3.13. The predicted molar refractivity (Wildman–Crippen MR) is 74.1 cm³/mol. The van der Waals surface area contributed by atoms with E-state index in [1.165, 1.54) is 11.1 Å². The second kappa shape index (κ2) is 4.88. The van der Waals surface area contributed by atoms with Crippen LogP contribution in [0, 0.1) is 0 Å². The molecule has 0 saturated heterocycles. The van der Waals surface area contributed by atoms with Gasteiger partial charge < -0.3 is 9.64 Å². The molecule has 1 aromatic carbocycles. The summed E-state index contributed by atoms with van der Waals surface area (Å²) >= 11 is 0. The highest BCUT2D eigenvalue weighted by Gasteiger charge is 2.23. The highest BCUT2D eigenvalue weighted by atomic mass is 16.5. The van der Waals surface area contributed by atoms with E-state index < -0.39 is 0 Å². The molecule has 0 unspecified atom stereocenters. The standard InChI is InChI=1S/C15H17N3O/c1-11(2)19-15-14(16-7-8-17-15)18-9-12-5-3-4-6-13(12)10-18/h3-8,11H,9-10H2,1-2H3. The van der Waals surface area contributed by atoms with Crippen LogP contribution in [0.2, 0.25) is 0 Å². The Morgan fingerprint density at radius 2 is 1.68 bits per heavy atom. The topological polar surface area (TPSA) is 38.3 Å². The molecule has 0 atom stereocenters. The average Bonchev–Trinajstić information content (AvgIpc) is 2.82. The van der Waals surface area contributed by atoms with Gasteiger partial charge in [0.05, 0.1) is 6.10 Å². The largest absolute Gasteiger partial charge is 0.472 e. The van der Waals surface area contributed by atoms with E-state index >= 15 is 0 Å². The molecule has 0 bridgehead atoms. The molecule has 0 N–H and O–H groups in total. The molecule has 4 nitrogen and oxygen atoms in total. The second-order valence-electron chi connectivity index (χ2n) is 4.98. The highest BCUT2D eigenvalue weighted by Crippen LogP contribution is 2.31. The quantitative estimate of drug-likeness (QED) is 0.845. The molecule has 1 aliphatic rings. The monoisotopic (exact) mass is 255 g/mol. The minimum atomic E-state index is 0.0976. The van der Waals surface area contributed by atoms with Crippen LogP contribution in [-0.2, 0) is 13.1 Å². The van der Waals surface area contributed by atoms with Crippen LogP contribution in [0.15, 0.2) is 36.7 Å². The summed E-state index contributed by atoms with van der Waals surface area (Å²) in [5.74, 6) is 1.44. The summed E-state index contributed by atoms with van der Waals surface area (Å²) in [6, 6.07) is 8.47. The number of aromatic nitrogens is 2. The van der Waals surface area contributed by atoms with Gasteiger partial charge in [-0.25, -0.2) is 9.97 Å². The van der Waals surface area contributed by atoms with E-state index in [1.54, 1.807) is 12.4 Å². The molecule has 0 aliphatic carbocycles. The Labute approximate surface area is 113 Å². The lowest BCUT2D eigenvalue weighted by molar-refractivity contribution is 0.232. The highest BCUT2D eigenvalue weighted by molar-refractivity contribution is 5.52. The van der Waals surface area contributed by atoms with Gasteiger partial charge in [0.25, 0.3) is 5.88 Å². The van der Waals surface area contributed by atoms with Crippen LogP contribution in [0.5, 0.6) is 5.88 Å². The molecule has 0 fully saturated rings. The third kappa shape index (κ3) is 2.38. The molecule has 0 amide bonds. The maximum atomic E-state index is 5.74. The SMILES string of the molecule is CC(C)Oc1nccnc1N1Cc2ccccc2C1. The zero-order valence-corrected chi connectivity index (χ0v) is 11.2. The zero-order chi connectivity index (χ0) is 13.2. The van der Waals surface area contributed by atoms with Gasteiger partial charge in [-0.3, -0.25) is 0 Å². The number of hydrogen-bond donors (Lipinski definition) is 0. The van der Waals surface area contributed by atoms with Gasteiger partial charge in [0.2, 0.25) is 0 Å². The van der Waals surface area contributed by atoms with E-state index in [2.05, 4.69) is 39.1 Å². The van der Waals surface area contributed by atoms with Crippen molar-refractivity contribution in [2.45, 2.75) is 33.0 Å². The van der Waals surface area contributed by atoms with Gasteiger partial charge >= 0.3 is 0 Å².